The predicted molar refractivity (Wildman–Crippen MR) is 91.5 cm³/mol. The number of rotatable bonds is 5. The Morgan fingerprint density at radius 2 is 2.21 bits per heavy atom. The molecule has 0 radical (unpaired) electrons. The van der Waals surface area contributed by atoms with Crippen LogP contribution in [-0.4, -0.2) is 29.3 Å². The number of ether oxygens (including phenoxy) is 2. The van der Waals surface area contributed by atoms with E-state index in [0.717, 1.165) is 30.5 Å². The van der Waals surface area contributed by atoms with Gasteiger partial charge in [0.25, 0.3) is 0 Å². The van der Waals surface area contributed by atoms with Crippen LogP contribution in [0.5, 0.6) is 11.5 Å². The van der Waals surface area contributed by atoms with Crippen molar-refractivity contribution in [1.29, 1.82) is 0 Å². The Morgan fingerprint density at radius 1 is 1.38 bits per heavy atom. The maximum atomic E-state index is 12.5. The minimum absolute atomic E-state index is 0.0291. The summed E-state index contributed by atoms with van der Waals surface area (Å²) in [5, 5.41) is 10.0. The number of fused-ring (bicyclic) bond motifs is 1. The Balaban J connectivity index is 1.68. The van der Waals surface area contributed by atoms with Crippen LogP contribution in [-0.2, 0) is 17.6 Å². The molecule has 1 unspecified atom stereocenters. The number of nitrogens with zero attached hydrogens (tertiary/aromatic N) is 1. The Morgan fingerprint density at radius 3 is 2.96 bits per heavy atom. The van der Waals surface area contributed by atoms with Gasteiger partial charge in [-0.1, -0.05) is 0 Å². The molecule has 0 saturated heterocycles. The van der Waals surface area contributed by atoms with E-state index in [1.54, 1.807) is 13.2 Å². The molecule has 128 valence electrons. The van der Waals surface area contributed by atoms with Crippen molar-refractivity contribution in [3.05, 3.63) is 35.7 Å². The molecule has 1 heterocycles. The summed E-state index contributed by atoms with van der Waals surface area (Å²) in [6.45, 7) is 3.92. The minimum Gasteiger partial charge on any atom is -0.493 e. The number of H-pyrrole nitrogens is 1. The van der Waals surface area contributed by atoms with E-state index < -0.39 is 0 Å². The first-order chi connectivity index (χ1) is 11.6. The van der Waals surface area contributed by atoms with Crippen LogP contribution in [0.2, 0.25) is 0 Å². The molecule has 1 aliphatic rings. The number of aryl methyl sites for hydroxylation is 1. The third kappa shape index (κ3) is 3.53. The molecule has 1 aromatic carbocycles. The number of methoxy groups -OCH3 is 1. The number of aromatic nitrogens is 2. The topological polar surface area (TPSA) is 76.2 Å². The number of anilines is 1. The van der Waals surface area contributed by atoms with Gasteiger partial charge < -0.3 is 14.8 Å². The normalized spacial score (nSPS) is 16.6. The van der Waals surface area contributed by atoms with Gasteiger partial charge in [-0.05, 0) is 50.8 Å². The fraction of sp³-hybridized carbons (Fsp3) is 0.444. The van der Waals surface area contributed by atoms with Crippen molar-refractivity contribution in [1.82, 2.24) is 10.2 Å². The highest BCUT2D eigenvalue weighted by atomic mass is 16.5. The number of hydrogen-bond donors (Lipinski definition) is 2. The molecule has 0 bridgehead atoms. The molecule has 6 heteroatoms. The van der Waals surface area contributed by atoms with Crippen molar-refractivity contribution < 1.29 is 14.3 Å². The summed E-state index contributed by atoms with van der Waals surface area (Å²) in [6.07, 6.45) is 4.29. The van der Waals surface area contributed by atoms with E-state index in [2.05, 4.69) is 15.5 Å². The third-order valence-corrected chi connectivity index (χ3v) is 4.18. The van der Waals surface area contributed by atoms with Gasteiger partial charge in [-0.25, -0.2) is 0 Å². The second-order valence-electron chi connectivity index (χ2n) is 6.34. The summed E-state index contributed by atoms with van der Waals surface area (Å²) in [5.74, 6) is 1.28. The highest BCUT2D eigenvalue weighted by molar-refractivity contribution is 5.93. The van der Waals surface area contributed by atoms with Crippen LogP contribution in [0, 0.1) is 5.92 Å². The highest BCUT2D eigenvalue weighted by Gasteiger charge is 2.26. The first kappa shape index (κ1) is 16.4. The molecule has 1 aliphatic carbocycles. The maximum absolute atomic E-state index is 12.5. The Hall–Kier alpha value is -2.50. The number of carbonyl (C=O) groups is 1. The zero-order valence-electron chi connectivity index (χ0n) is 14.3. The molecule has 0 spiro atoms. The molecule has 1 amide bonds. The van der Waals surface area contributed by atoms with Gasteiger partial charge in [0.15, 0.2) is 11.5 Å². The van der Waals surface area contributed by atoms with Crippen LogP contribution in [0.1, 0.15) is 31.5 Å². The molecular formula is C18H23N3O3. The van der Waals surface area contributed by atoms with Gasteiger partial charge in [-0.15, -0.1) is 0 Å². The van der Waals surface area contributed by atoms with Crippen LogP contribution in [0.15, 0.2) is 24.4 Å². The summed E-state index contributed by atoms with van der Waals surface area (Å²) in [7, 11) is 1.59. The summed E-state index contributed by atoms with van der Waals surface area (Å²) < 4.78 is 11.1. The third-order valence-electron chi connectivity index (χ3n) is 4.18. The lowest BCUT2D eigenvalue weighted by molar-refractivity contribution is -0.120. The molecule has 1 aromatic heterocycles. The van der Waals surface area contributed by atoms with Crippen LogP contribution >= 0.6 is 0 Å². The zero-order valence-corrected chi connectivity index (χ0v) is 14.3. The lowest BCUT2D eigenvalue weighted by atomic mass is 9.87. The standard InChI is InChI=1S/C18H23N3O3/c1-11(2)24-16-7-5-14(9-17(16)23-3)20-18(22)12-4-6-15-13(8-12)10-19-21-15/h5,7,9-12H,4,6,8H2,1-3H3,(H,19,21)(H,20,22). The smallest absolute Gasteiger partial charge is 0.227 e. The first-order valence-corrected chi connectivity index (χ1v) is 8.23. The predicted octanol–water partition coefficient (Wildman–Crippen LogP) is 2.95. The van der Waals surface area contributed by atoms with Gasteiger partial charge in [0, 0.05) is 23.4 Å². The number of carbonyl (C=O) groups excluding carboxylic acids is 1. The van der Waals surface area contributed by atoms with Crippen molar-refractivity contribution in [3.8, 4) is 11.5 Å². The molecule has 2 aromatic rings. The fourth-order valence-corrected chi connectivity index (χ4v) is 2.98. The second-order valence-corrected chi connectivity index (χ2v) is 6.34. The molecule has 0 fully saturated rings. The average Bonchev–Trinajstić information content (AvgIpc) is 3.03. The number of aromatic amines is 1. The largest absolute Gasteiger partial charge is 0.493 e. The average molecular weight is 329 g/mol. The number of nitrogens with one attached hydrogen (secondary N) is 2. The number of hydrogen-bond acceptors (Lipinski definition) is 4. The summed E-state index contributed by atoms with van der Waals surface area (Å²) in [5.41, 5.74) is 3.00. The second kappa shape index (κ2) is 6.95. The van der Waals surface area contributed by atoms with Gasteiger partial charge in [0.1, 0.15) is 0 Å². The molecule has 0 saturated carbocycles. The van der Waals surface area contributed by atoms with E-state index in [1.165, 1.54) is 0 Å². The fourth-order valence-electron chi connectivity index (χ4n) is 2.98. The van der Waals surface area contributed by atoms with Crippen molar-refractivity contribution in [2.75, 3.05) is 12.4 Å². The Bertz CT molecular complexity index is 724. The van der Waals surface area contributed by atoms with Gasteiger partial charge in [-0.2, -0.15) is 5.10 Å². The Kier molecular flexibility index (Phi) is 4.74. The minimum atomic E-state index is -0.0346. The van der Waals surface area contributed by atoms with Crippen LogP contribution < -0.4 is 14.8 Å². The van der Waals surface area contributed by atoms with E-state index >= 15 is 0 Å². The number of benzene rings is 1. The molecule has 0 aliphatic heterocycles. The monoisotopic (exact) mass is 329 g/mol. The van der Waals surface area contributed by atoms with Crippen molar-refractivity contribution in [3.63, 3.8) is 0 Å². The van der Waals surface area contributed by atoms with Crippen LogP contribution in [0.3, 0.4) is 0 Å². The summed E-state index contributed by atoms with van der Waals surface area (Å²) in [4.78, 5) is 12.5. The highest BCUT2D eigenvalue weighted by Crippen LogP contribution is 2.32. The summed E-state index contributed by atoms with van der Waals surface area (Å²) in [6, 6.07) is 5.45. The summed E-state index contributed by atoms with van der Waals surface area (Å²) >= 11 is 0. The van der Waals surface area contributed by atoms with E-state index in [4.69, 9.17) is 9.47 Å². The van der Waals surface area contributed by atoms with Crippen molar-refractivity contribution >= 4 is 11.6 Å². The molecule has 3 rings (SSSR count). The quantitative estimate of drug-likeness (QED) is 0.884. The van der Waals surface area contributed by atoms with Crippen LogP contribution in [0.25, 0.3) is 0 Å². The van der Waals surface area contributed by atoms with E-state index in [9.17, 15) is 4.79 Å². The van der Waals surface area contributed by atoms with E-state index in [-0.39, 0.29) is 17.9 Å². The lowest BCUT2D eigenvalue weighted by Gasteiger charge is -2.21. The maximum Gasteiger partial charge on any atom is 0.227 e. The van der Waals surface area contributed by atoms with Crippen molar-refractivity contribution in [2.24, 2.45) is 5.92 Å². The van der Waals surface area contributed by atoms with E-state index in [1.807, 2.05) is 32.2 Å². The zero-order chi connectivity index (χ0) is 17.1. The first-order valence-electron chi connectivity index (χ1n) is 8.23. The molecule has 6 nitrogen and oxygen atoms in total. The number of amides is 1. The van der Waals surface area contributed by atoms with E-state index in [0.29, 0.717) is 17.2 Å². The van der Waals surface area contributed by atoms with Crippen molar-refractivity contribution in [2.45, 2.75) is 39.2 Å². The Labute approximate surface area is 141 Å². The molecular weight excluding hydrogens is 306 g/mol. The van der Waals surface area contributed by atoms with Crippen LogP contribution in [0.4, 0.5) is 5.69 Å². The molecule has 24 heavy (non-hydrogen) atoms. The molecule has 1 atom stereocenters. The van der Waals surface area contributed by atoms with Gasteiger partial charge in [-0.3, -0.25) is 9.89 Å². The van der Waals surface area contributed by atoms with Gasteiger partial charge >= 0.3 is 0 Å². The van der Waals surface area contributed by atoms with Gasteiger partial charge in [0.2, 0.25) is 5.91 Å². The SMILES string of the molecule is COc1cc(NC(=O)C2CCc3[nH]ncc3C2)ccc1OC(C)C. The lowest BCUT2D eigenvalue weighted by Crippen LogP contribution is -2.27. The van der Waals surface area contributed by atoms with Gasteiger partial charge in [0.05, 0.1) is 19.4 Å². The molecule has 2 N–H and O–H groups in total.